The van der Waals surface area contributed by atoms with Gasteiger partial charge in [0.15, 0.2) is 17.3 Å². The van der Waals surface area contributed by atoms with Gasteiger partial charge in [-0.1, -0.05) is 21.6 Å². The van der Waals surface area contributed by atoms with Crippen LogP contribution in [0, 0.1) is 0 Å². The van der Waals surface area contributed by atoms with Gasteiger partial charge in [-0.25, -0.2) is 4.79 Å². The molecule has 2 N–H and O–H groups in total. The summed E-state index contributed by atoms with van der Waals surface area (Å²) >= 11 is 0. The van der Waals surface area contributed by atoms with E-state index >= 15 is 0 Å². The number of rotatable bonds is 17. The number of carbonyl (C=O) groups is 5. The summed E-state index contributed by atoms with van der Waals surface area (Å²) in [4.78, 5) is 64.4. The average Bonchev–Trinajstić information content (AvgIpc) is 2.65. The molecule has 9 nitrogen and oxygen atoms in total. The van der Waals surface area contributed by atoms with Gasteiger partial charge in [-0.05, 0) is 32.9 Å². The summed E-state index contributed by atoms with van der Waals surface area (Å²) in [6.45, 7) is 3.09. The molecule has 1 amide bonds. The van der Waals surface area contributed by atoms with Gasteiger partial charge in [0.05, 0.1) is 25.1 Å². The van der Waals surface area contributed by atoms with E-state index in [1.165, 1.54) is 34.7 Å². The van der Waals surface area contributed by atoms with Crippen LogP contribution >= 0.6 is 21.6 Å². The number of amides is 1. The van der Waals surface area contributed by atoms with Crippen LogP contribution in [0.5, 0.6) is 0 Å². The lowest BCUT2D eigenvalue weighted by Crippen LogP contribution is -2.41. The van der Waals surface area contributed by atoms with E-state index < -0.39 is 17.9 Å². The van der Waals surface area contributed by atoms with Crippen LogP contribution in [0.25, 0.3) is 0 Å². The fourth-order valence-electron chi connectivity index (χ4n) is 1.87. The molecule has 0 aliphatic heterocycles. The zero-order valence-corrected chi connectivity index (χ0v) is 18.2. The standard InChI is InChI=1S/C18H27N3O6S2/c1-3-19-10-15(24)6-7-16(18(26)27)21-17(25)12-29-28-8-4-5-14(23)11-20-9-13(2)22/h3,11,16H,4-10,12H2,1-2H3,(H,21,25)(H,26,27). The van der Waals surface area contributed by atoms with E-state index in [9.17, 15) is 24.0 Å². The topological polar surface area (TPSA) is 142 Å². The van der Waals surface area contributed by atoms with E-state index in [1.54, 1.807) is 6.92 Å². The first-order valence-electron chi connectivity index (χ1n) is 9.01. The number of nitrogens with zero attached hydrogens (tertiary/aromatic N) is 2. The Morgan fingerprint density at radius 3 is 2.41 bits per heavy atom. The molecule has 162 valence electrons. The molecule has 0 radical (unpaired) electrons. The number of carboxylic acid groups (broad SMARTS) is 1. The first kappa shape index (κ1) is 27.0. The Bertz CT molecular complexity index is 637. The lowest BCUT2D eigenvalue weighted by Gasteiger charge is -2.13. The molecular weight excluding hydrogens is 418 g/mol. The molecule has 0 rings (SSSR count). The fourth-order valence-corrected chi connectivity index (χ4v) is 3.80. The van der Waals surface area contributed by atoms with Crippen LogP contribution in [-0.2, 0) is 24.0 Å². The minimum Gasteiger partial charge on any atom is -0.480 e. The molecule has 0 aromatic heterocycles. The Morgan fingerprint density at radius 2 is 1.79 bits per heavy atom. The molecule has 1 atom stereocenters. The van der Waals surface area contributed by atoms with E-state index in [2.05, 4.69) is 15.3 Å². The highest BCUT2D eigenvalue weighted by atomic mass is 33.1. The molecule has 0 spiro atoms. The molecule has 29 heavy (non-hydrogen) atoms. The average molecular weight is 446 g/mol. The van der Waals surface area contributed by atoms with Gasteiger partial charge >= 0.3 is 5.97 Å². The minimum atomic E-state index is -1.19. The number of carboxylic acids is 1. The van der Waals surface area contributed by atoms with Crippen LogP contribution in [0.4, 0.5) is 0 Å². The summed E-state index contributed by atoms with van der Waals surface area (Å²) in [5.74, 6) is -1.36. The minimum absolute atomic E-state index is 0.00360. The lowest BCUT2D eigenvalue weighted by atomic mass is 10.1. The van der Waals surface area contributed by atoms with Gasteiger partial charge in [-0.2, -0.15) is 0 Å². The molecule has 0 saturated carbocycles. The molecule has 0 fully saturated rings. The van der Waals surface area contributed by atoms with Crippen LogP contribution in [0.3, 0.4) is 0 Å². The number of aliphatic imine (C=N–C) groups is 2. The Hall–Kier alpha value is -2.01. The van der Waals surface area contributed by atoms with E-state index in [-0.39, 0.29) is 49.0 Å². The molecule has 0 aromatic carbocycles. The Morgan fingerprint density at radius 1 is 1.07 bits per heavy atom. The van der Waals surface area contributed by atoms with Crippen molar-refractivity contribution in [3.05, 3.63) is 0 Å². The normalized spacial score (nSPS) is 12.2. The smallest absolute Gasteiger partial charge is 0.326 e. The Labute approximate surface area is 178 Å². The molecule has 0 bridgehead atoms. The zero-order valence-electron chi connectivity index (χ0n) is 16.6. The number of nitrogens with one attached hydrogen (secondary N) is 1. The number of hydrogen-bond acceptors (Lipinski definition) is 9. The van der Waals surface area contributed by atoms with Crippen LogP contribution < -0.4 is 5.32 Å². The third kappa shape index (κ3) is 16.6. The highest BCUT2D eigenvalue weighted by Gasteiger charge is 2.20. The van der Waals surface area contributed by atoms with Crippen LogP contribution in [0.2, 0.25) is 0 Å². The van der Waals surface area contributed by atoms with Crippen molar-refractivity contribution in [1.82, 2.24) is 5.32 Å². The number of aliphatic carboxylic acids is 1. The van der Waals surface area contributed by atoms with Gasteiger partial charge in [-0.3, -0.25) is 29.2 Å². The molecular formula is C18H27N3O6S2. The van der Waals surface area contributed by atoms with Crippen molar-refractivity contribution in [2.45, 2.75) is 45.6 Å². The van der Waals surface area contributed by atoms with Gasteiger partial charge in [-0.15, -0.1) is 0 Å². The monoisotopic (exact) mass is 445 g/mol. The molecule has 0 aromatic rings. The summed E-state index contributed by atoms with van der Waals surface area (Å²) in [7, 11) is 2.66. The maximum Gasteiger partial charge on any atom is 0.326 e. The van der Waals surface area contributed by atoms with Gasteiger partial charge < -0.3 is 10.4 Å². The summed E-state index contributed by atoms with van der Waals surface area (Å²) < 4.78 is 0. The van der Waals surface area contributed by atoms with Gasteiger partial charge in [0.25, 0.3) is 0 Å². The number of hydrogen-bond donors (Lipinski definition) is 2. The fraction of sp³-hybridized carbons (Fsp3) is 0.611. The van der Waals surface area contributed by atoms with E-state index in [4.69, 9.17) is 5.11 Å². The van der Waals surface area contributed by atoms with Crippen molar-refractivity contribution in [2.75, 3.05) is 24.6 Å². The van der Waals surface area contributed by atoms with Crippen molar-refractivity contribution < 1.29 is 29.1 Å². The second-order valence-corrected chi connectivity index (χ2v) is 8.54. The first-order chi connectivity index (χ1) is 13.8. The third-order valence-electron chi connectivity index (χ3n) is 3.27. The summed E-state index contributed by atoms with van der Waals surface area (Å²) in [5, 5.41) is 11.6. The third-order valence-corrected chi connectivity index (χ3v) is 5.62. The van der Waals surface area contributed by atoms with Crippen molar-refractivity contribution in [3.63, 3.8) is 0 Å². The quantitative estimate of drug-likeness (QED) is 0.194. The zero-order chi connectivity index (χ0) is 22.1. The van der Waals surface area contributed by atoms with Crippen molar-refractivity contribution in [2.24, 2.45) is 9.98 Å². The summed E-state index contributed by atoms with van der Waals surface area (Å²) in [5.41, 5.74) is 0. The maximum atomic E-state index is 11.9. The van der Waals surface area contributed by atoms with Crippen molar-refractivity contribution in [1.29, 1.82) is 0 Å². The highest BCUT2D eigenvalue weighted by molar-refractivity contribution is 8.76. The Balaban J connectivity index is 3.98. The molecule has 0 heterocycles. The second-order valence-electron chi connectivity index (χ2n) is 5.96. The van der Waals surface area contributed by atoms with Crippen LogP contribution in [-0.4, -0.2) is 77.4 Å². The molecule has 11 heteroatoms. The van der Waals surface area contributed by atoms with Crippen molar-refractivity contribution in [3.8, 4) is 0 Å². The summed E-state index contributed by atoms with van der Waals surface area (Å²) in [6, 6.07) is -1.12. The first-order valence-corrected chi connectivity index (χ1v) is 11.5. The van der Waals surface area contributed by atoms with Gasteiger partial charge in [0.2, 0.25) is 5.91 Å². The van der Waals surface area contributed by atoms with E-state index in [1.807, 2.05) is 0 Å². The number of carbonyl (C=O) groups excluding carboxylic acids is 4. The van der Waals surface area contributed by atoms with E-state index in [0.717, 1.165) is 6.21 Å². The SMILES string of the molecule is CC=NCC(=O)CCC(NC(=O)CSSCCCC(=O)C=NCC(C)=O)C(=O)O. The second kappa shape index (κ2) is 16.9. The van der Waals surface area contributed by atoms with Crippen LogP contribution in [0.1, 0.15) is 39.5 Å². The van der Waals surface area contributed by atoms with Gasteiger partial charge in [0, 0.05) is 18.6 Å². The van der Waals surface area contributed by atoms with E-state index in [0.29, 0.717) is 18.6 Å². The molecule has 0 saturated heterocycles. The molecule has 1 unspecified atom stereocenters. The number of Topliss-reactive ketones (excluding diaryl/α,β-unsaturated/α-hetero) is 3. The van der Waals surface area contributed by atoms with Crippen molar-refractivity contribution >= 4 is 63.2 Å². The predicted molar refractivity (Wildman–Crippen MR) is 116 cm³/mol. The predicted octanol–water partition coefficient (Wildman–Crippen LogP) is 1.39. The van der Waals surface area contributed by atoms with Crippen LogP contribution in [0.15, 0.2) is 9.98 Å². The molecule has 0 aliphatic carbocycles. The lowest BCUT2D eigenvalue weighted by molar-refractivity contribution is -0.141. The largest absolute Gasteiger partial charge is 0.480 e. The maximum absolute atomic E-state index is 11.9. The van der Waals surface area contributed by atoms with Gasteiger partial charge in [0.1, 0.15) is 6.04 Å². The molecule has 0 aliphatic rings. The highest BCUT2D eigenvalue weighted by Crippen LogP contribution is 2.22. The number of ketones is 3. The Kier molecular flexibility index (Phi) is 15.7. The summed E-state index contributed by atoms with van der Waals surface area (Å²) in [6.07, 6.45) is 3.62.